The van der Waals surface area contributed by atoms with Crippen LogP contribution in [0.2, 0.25) is 0 Å². The minimum atomic E-state index is -0.818. The van der Waals surface area contributed by atoms with Crippen molar-refractivity contribution >= 4 is 22.4 Å². The number of aliphatic carboxylic acids is 1. The van der Waals surface area contributed by atoms with Gasteiger partial charge in [0.15, 0.2) is 0 Å². The van der Waals surface area contributed by atoms with Crippen molar-refractivity contribution in [1.29, 1.82) is 0 Å². The number of carboxylic acid groups (broad SMARTS) is 1. The highest BCUT2D eigenvalue weighted by atomic mass is 32.1. The van der Waals surface area contributed by atoms with Crippen LogP contribution in [0.25, 0.3) is 0 Å². The average Bonchev–Trinajstić information content (AvgIpc) is 2.84. The predicted molar refractivity (Wildman–Crippen MR) is 74.4 cm³/mol. The normalized spacial score (nSPS) is 12.1. The third-order valence-corrected chi connectivity index (χ3v) is 3.53. The summed E-state index contributed by atoms with van der Waals surface area (Å²) >= 11 is 1.46. The van der Waals surface area contributed by atoms with Gasteiger partial charge in [-0.2, -0.15) is 0 Å². The van der Waals surface area contributed by atoms with Gasteiger partial charge in [-0.15, -0.1) is 10.2 Å². The Bertz CT molecular complexity index is 542. The molecule has 1 atom stereocenters. The van der Waals surface area contributed by atoms with Crippen LogP contribution in [-0.2, 0) is 11.2 Å². The van der Waals surface area contributed by atoms with E-state index in [1.165, 1.54) is 16.9 Å². The number of benzene rings is 1. The number of aromatic nitrogens is 2. The van der Waals surface area contributed by atoms with Crippen molar-refractivity contribution in [3.05, 3.63) is 40.9 Å². The lowest BCUT2D eigenvalue weighted by Gasteiger charge is -2.05. The van der Waals surface area contributed by atoms with Crippen LogP contribution < -0.4 is 5.32 Å². The maximum absolute atomic E-state index is 10.7. The van der Waals surface area contributed by atoms with Gasteiger partial charge < -0.3 is 10.4 Å². The van der Waals surface area contributed by atoms with E-state index in [-0.39, 0.29) is 0 Å². The molecule has 0 fully saturated rings. The van der Waals surface area contributed by atoms with Crippen LogP contribution in [-0.4, -0.2) is 27.8 Å². The Balaban J connectivity index is 1.90. The third-order valence-electron chi connectivity index (χ3n) is 2.65. The zero-order valence-electron chi connectivity index (χ0n) is 10.5. The Morgan fingerprint density at radius 2 is 2.11 bits per heavy atom. The largest absolute Gasteiger partial charge is 0.481 e. The Morgan fingerprint density at radius 3 is 2.79 bits per heavy atom. The van der Waals surface area contributed by atoms with E-state index in [9.17, 15) is 4.79 Å². The van der Waals surface area contributed by atoms with Gasteiger partial charge in [0.05, 0.1) is 5.92 Å². The fourth-order valence-electron chi connectivity index (χ4n) is 1.49. The van der Waals surface area contributed by atoms with Crippen LogP contribution in [0, 0.1) is 5.92 Å². The summed E-state index contributed by atoms with van der Waals surface area (Å²) in [6, 6.07) is 10.0. The number of carbonyl (C=O) groups is 1. The lowest BCUT2D eigenvalue weighted by molar-refractivity contribution is -0.140. The zero-order valence-corrected chi connectivity index (χ0v) is 11.4. The summed E-state index contributed by atoms with van der Waals surface area (Å²) in [5, 5.41) is 21.5. The molecule has 1 heterocycles. The van der Waals surface area contributed by atoms with Gasteiger partial charge in [0, 0.05) is 13.0 Å². The average molecular weight is 277 g/mol. The molecule has 0 saturated heterocycles. The van der Waals surface area contributed by atoms with Crippen LogP contribution in [0.5, 0.6) is 0 Å². The van der Waals surface area contributed by atoms with Gasteiger partial charge in [-0.25, -0.2) is 0 Å². The number of hydrogen-bond acceptors (Lipinski definition) is 5. The fraction of sp³-hybridized carbons (Fsp3) is 0.308. The summed E-state index contributed by atoms with van der Waals surface area (Å²) in [5.41, 5.74) is 1.18. The van der Waals surface area contributed by atoms with Crippen molar-refractivity contribution in [2.24, 2.45) is 5.92 Å². The van der Waals surface area contributed by atoms with E-state index in [1.54, 1.807) is 6.92 Å². The van der Waals surface area contributed by atoms with E-state index in [1.807, 2.05) is 30.3 Å². The lowest BCUT2D eigenvalue weighted by Crippen LogP contribution is -2.19. The fourth-order valence-corrected chi connectivity index (χ4v) is 2.28. The molecule has 2 rings (SSSR count). The summed E-state index contributed by atoms with van der Waals surface area (Å²) in [4.78, 5) is 10.7. The molecule has 19 heavy (non-hydrogen) atoms. The SMILES string of the molecule is CC(CNc1nnc(Cc2ccccc2)s1)C(=O)O. The van der Waals surface area contributed by atoms with Crippen molar-refractivity contribution < 1.29 is 9.90 Å². The van der Waals surface area contributed by atoms with Crippen molar-refractivity contribution in [3.63, 3.8) is 0 Å². The van der Waals surface area contributed by atoms with E-state index < -0.39 is 11.9 Å². The van der Waals surface area contributed by atoms with Gasteiger partial charge in [-0.1, -0.05) is 48.6 Å². The first kappa shape index (κ1) is 13.5. The first-order valence-corrected chi connectivity index (χ1v) is 6.80. The molecule has 6 heteroatoms. The maximum atomic E-state index is 10.7. The Labute approximate surface area is 115 Å². The van der Waals surface area contributed by atoms with E-state index >= 15 is 0 Å². The Morgan fingerprint density at radius 1 is 1.37 bits per heavy atom. The molecule has 1 aromatic carbocycles. The molecule has 0 radical (unpaired) electrons. The van der Waals surface area contributed by atoms with Crippen LogP contribution >= 0.6 is 11.3 Å². The van der Waals surface area contributed by atoms with Crippen LogP contribution in [0.15, 0.2) is 30.3 Å². The topological polar surface area (TPSA) is 75.1 Å². The molecule has 2 aromatic rings. The van der Waals surface area contributed by atoms with Crippen molar-refractivity contribution in [2.75, 3.05) is 11.9 Å². The van der Waals surface area contributed by atoms with Crippen LogP contribution in [0.1, 0.15) is 17.5 Å². The second-order valence-corrected chi connectivity index (χ2v) is 5.35. The molecule has 2 N–H and O–H groups in total. The molecule has 0 aliphatic rings. The van der Waals surface area contributed by atoms with Gasteiger partial charge in [0.25, 0.3) is 0 Å². The van der Waals surface area contributed by atoms with Crippen molar-refractivity contribution in [2.45, 2.75) is 13.3 Å². The van der Waals surface area contributed by atoms with E-state index in [0.29, 0.717) is 11.7 Å². The summed E-state index contributed by atoms with van der Waals surface area (Å²) in [5.74, 6) is -1.26. The minimum absolute atomic E-state index is 0.356. The molecule has 0 aliphatic heterocycles. The predicted octanol–water partition coefficient (Wildman–Crippen LogP) is 2.26. The van der Waals surface area contributed by atoms with Gasteiger partial charge >= 0.3 is 5.97 Å². The molecule has 5 nitrogen and oxygen atoms in total. The van der Waals surface area contributed by atoms with Crippen molar-refractivity contribution in [1.82, 2.24) is 10.2 Å². The highest BCUT2D eigenvalue weighted by Crippen LogP contribution is 2.18. The molecule has 1 aromatic heterocycles. The van der Waals surface area contributed by atoms with E-state index in [0.717, 1.165) is 11.4 Å². The highest BCUT2D eigenvalue weighted by molar-refractivity contribution is 7.15. The van der Waals surface area contributed by atoms with Crippen molar-refractivity contribution in [3.8, 4) is 0 Å². The summed E-state index contributed by atoms with van der Waals surface area (Å²) < 4.78 is 0. The summed E-state index contributed by atoms with van der Waals surface area (Å²) in [6.07, 6.45) is 0.745. The highest BCUT2D eigenvalue weighted by Gasteiger charge is 2.11. The molecule has 0 spiro atoms. The molecule has 100 valence electrons. The smallest absolute Gasteiger partial charge is 0.308 e. The lowest BCUT2D eigenvalue weighted by atomic mass is 10.2. The number of carboxylic acids is 1. The first-order chi connectivity index (χ1) is 9.15. The molecule has 0 amide bonds. The number of rotatable bonds is 6. The van der Waals surface area contributed by atoms with Gasteiger partial charge in [0.2, 0.25) is 5.13 Å². The summed E-state index contributed by atoms with van der Waals surface area (Å²) in [7, 11) is 0. The van der Waals surface area contributed by atoms with Gasteiger partial charge in [-0.3, -0.25) is 4.79 Å². The van der Waals surface area contributed by atoms with Gasteiger partial charge in [-0.05, 0) is 5.56 Å². The third kappa shape index (κ3) is 4.03. The Hall–Kier alpha value is -1.95. The maximum Gasteiger partial charge on any atom is 0.308 e. The minimum Gasteiger partial charge on any atom is -0.481 e. The first-order valence-electron chi connectivity index (χ1n) is 5.98. The molecule has 0 saturated carbocycles. The number of anilines is 1. The molecule has 0 bridgehead atoms. The van der Waals surface area contributed by atoms with E-state index in [4.69, 9.17) is 5.11 Å². The molecular formula is C13H15N3O2S. The zero-order chi connectivity index (χ0) is 13.7. The monoisotopic (exact) mass is 277 g/mol. The quantitative estimate of drug-likeness (QED) is 0.847. The Kier molecular flexibility index (Phi) is 4.46. The molecule has 1 unspecified atom stereocenters. The second-order valence-electron chi connectivity index (χ2n) is 4.28. The number of hydrogen-bond donors (Lipinski definition) is 2. The van der Waals surface area contributed by atoms with Crippen LogP contribution in [0.4, 0.5) is 5.13 Å². The number of nitrogens with one attached hydrogen (secondary N) is 1. The standard InChI is InChI=1S/C13H15N3O2S/c1-9(12(17)18)8-14-13-16-15-11(19-13)7-10-5-3-2-4-6-10/h2-6,9H,7-8H2,1H3,(H,14,16)(H,17,18). The summed E-state index contributed by atoms with van der Waals surface area (Å²) in [6.45, 7) is 2.01. The van der Waals surface area contributed by atoms with E-state index in [2.05, 4.69) is 15.5 Å². The molecule has 0 aliphatic carbocycles. The molecular weight excluding hydrogens is 262 g/mol. The van der Waals surface area contributed by atoms with Gasteiger partial charge in [0.1, 0.15) is 5.01 Å². The second kappa shape index (κ2) is 6.29. The number of nitrogens with zero attached hydrogens (tertiary/aromatic N) is 2. The van der Waals surface area contributed by atoms with Crippen LogP contribution in [0.3, 0.4) is 0 Å².